The average Bonchev–Trinajstić information content (AvgIpc) is 3.00. The Morgan fingerprint density at radius 2 is 0.932 bits per heavy atom. The van der Waals surface area contributed by atoms with Crippen molar-refractivity contribution in [3.05, 3.63) is 94.0 Å². The Bertz CT molecular complexity index is 1820. The van der Waals surface area contributed by atoms with Gasteiger partial charge in [-0.1, -0.05) is 0 Å². The number of carbonyl (C=O) groups is 6. The third kappa shape index (κ3) is 4.07. The summed E-state index contributed by atoms with van der Waals surface area (Å²) in [5.41, 5.74) is -0.0214. The monoisotopic (exact) mass is 594 g/mol. The number of carboxylic acid groups (broad SMARTS) is 2. The van der Waals surface area contributed by atoms with Gasteiger partial charge in [-0.25, -0.2) is 19.4 Å². The Labute approximate surface area is 248 Å². The van der Waals surface area contributed by atoms with Crippen molar-refractivity contribution in [1.29, 1.82) is 0 Å². The van der Waals surface area contributed by atoms with Crippen LogP contribution >= 0.6 is 0 Å². The predicted molar refractivity (Wildman–Crippen MR) is 155 cm³/mol. The standard InChI is InChI=1S/C32H22N2O10/c1-3-43-21-13-19-24-23-20(28(36)33(29(37)25(21)23)17-9-5-15(6-10-17)31(39)40)14-22(44-4-2)26(24)30(38)34(27(19)35)18-11-7-16(8-12-18)32(41)42/h5-14H,3-4H2,1-2H3,(H,39,40)(H,41,42). The first-order chi connectivity index (χ1) is 21.1. The maximum absolute atomic E-state index is 14.1. The molecule has 2 aliphatic rings. The summed E-state index contributed by atoms with van der Waals surface area (Å²) < 4.78 is 11.6. The van der Waals surface area contributed by atoms with Gasteiger partial charge in [-0.2, -0.15) is 0 Å². The molecular formula is C32H22N2O10. The molecule has 0 aromatic heterocycles. The van der Waals surface area contributed by atoms with Gasteiger partial charge in [-0.15, -0.1) is 0 Å². The van der Waals surface area contributed by atoms with Gasteiger partial charge in [0.25, 0.3) is 23.6 Å². The SMILES string of the molecule is CCOc1cc2c3c(c(OCC)cc4c3c1C(=O)N(c1ccc(C(=O)O)cc1)C4=O)C(=O)N(c1ccc(C(=O)O)cc1)C2=O. The maximum atomic E-state index is 14.1. The van der Waals surface area contributed by atoms with Crippen molar-refractivity contribution < 1.29 is 48.5 Å². The van der Waals surface area contributed by atoms with Crippen LogP contribution in [0.1, 0.15) is 76.0 Å². The summed E-state index contributed by atoms with van der Waals surface area (Å²) in [6, 6.07) is 13.1. The van der Waals surface area contributed by atoms with Gasteiger partial charge >= 0.3 is 11.9 Å². The highest BCUT2D eigenvalue weighted by Crippen LogP contribution is 2.47. The van der Waals surface area contributed by atoms with Gasteiger partial charge in [0.05, 0.1) is 58.0 Å². The van der Waals surface area contributed by atoms with Crippen LogP contribution in [0, 0.1) is 0 Å². The number of ether oxygens (including phenoxy) is 2. The number of hydrogen-bond donors (Lipinski definition) is 2. The van der Waals surface area contributed by atoms with Gasteiger partial charge in [0, 0.05) is 10.8 Å². The van der Waals surface area contributed by atoms with Crippen molar-refractivity contribution in [1.82, 2.24) is 0 Å². The summed E-state index contributed by atoms with van der Waals surface area (Å²) in [4.78, 5) is 80.6. The number of nitrogens with zero attached hydrogens (tertiary/aromatic N) is 2. The average molecular weight is 595 g/mol. The third-order valence-electron chi connectivity index (χ3n) is 7.38. The lowest BCUT2D eigenvalue weighted by Gasteiger charge is -2.34. The molecule has 44 heavy (non-hydrogen) atoms. The van der Waals surface area contributed by atoms with Crippen LogP contribution in [0.2, 0.25) is 0 Å². The minimum atomic E-state index is -1.18. The number of benzene rings is 4. The molecule has 2 N–H and O–H groups in total. The summed E-state index contributed by atoms with van der Waals surface area (Å²) >= 11 is 0. The Balaban J connectivity index is 1.62. The van der Waals surface area contributed by atoms with Crippen molar-refractivity contribution >= 4 is 57.7 Å². The summed E-state index contributed by atoms with van der Waals surface area (Å²) in [6.07, 6.45) is 0. The van der Waals surface area contributed by atoms with Crippen LogP contribution in [0.5, 0.6) is 11.5 Å². The van der Waals surface area contributed by atoms with E-state index in [-0.39, 0.29) is 80.2 Å². The molecule has 220 valence electrons. The number of amides is 4. The van der Waals surface area contributed by atoms with Crippen molar-refractivity contribution in [2.45, 2.75) is 13.8 Å². The topological polar surface area (TPSA) is 168 Å². The minimum absolute atomic E-state index is 0.000102. The fourth-order valence-electron chi connectivity index (χ4n) is 5.51. The minimum Gasteiger partial charge on any atom is -0.493 e. The van der Waals surface area contributed by atoms with E-state index in [1.165, 1.54) is 60.7 Å². The number of anilines is 2. The van der Waals surface area contributed by atoms with Crippen LogP contribution in [0.3, 0.4) is 0 Å². The van der Waals surface area contributed by atoms with Crippen molar-refractivity contribution in [2.24, 2.45) is 0 Å². The van der Waals surface area contributed by atoms with Crippen LogP contribution in [-0.2, 0) is 0 Å². The van der Waals surface area contributed by atoms with Crippen LogP contribution in [0.15, 0.2) is 60.7 Å². The molecule has 6 rings (SSSR count). The van der Waals surface area contributed by atoms with Crippen molar-refractivity contribution in [2.75, 3.05) is 23.0 Å². The molecule has 0 aliphatic carbocycles. The second-order valence-corrected chi connectivity index (χ2v) is 9.81. The Morgan fingerprint density at radius 1 is 0.591 bits per heavy atom. The maximum Gasteiger partial charge on any atom is 0.335 e. The first kappa shape index (κ1) is 28.1. The van der Waals surface area contributed by atoms with Gasteiger partial charge in [0.15, 0.2) is 0 Å². The number of imide groups is 2. The highest BCUT2D eigenvalue weighted by molar-refractivity contribution is 6.43. The second-order valence-electron chi connectivity index (χ2n) is 9.81. The number of carbonyl (C=O) groups excluding carboxylic acids is 4. The Hall–Kier alpha value is -6.04. The van der Waals surface area contributed by atoms with E-state index in [2.05, 4.69) is 0 Å². The molecule has 0 saturated heterocycles. The van der Waals surface area contributed by atoms with E-state index in [1.807, 2.05) is 0 Å². The smallest absolute Gasteiger partial charge is 0.335 e. The van der Waals surface area contributed by atoms with Crippen LogP contribution in [-0.4, -0.2) is 59.0 Å². The van der Waals surface area contributed by atoms with E-state index in [0.29, 0.717) is 0 Å². The number of carboxylic acids is 2. The first-order valence-electron chi connectivity index (χ1n) is 13.5. The molecule has 0 saturated carbocycles. The quantitative estimate of drug-likeness (QED) is 0.274. The fraction of sp³-hybridized carbons (Fsp3) is 0.125. The first-order valence-corrected chi connectivity index (χ1v) is 13.5. The second kappa shape index (κ2) is 10.3. The Morgan fingerprint density at radius 3 is 1.23 bits per heavy atom. The normalized spacial score (nSPS) is 13.9. The van der Waals surface area contributed by atoms with Gasteiger partial charge in [-0.05, 0) is 74.5 Å². The lowest BCUT2D eigenvalue weighted by Crippen LogP contribution is -2.44. The number of rotatable bonds is 8. The summed E-state index contributed by atoms with van der Waals surface area (Å²) in [6.45, 7) is 3.54. The van der Waals surface area contributed by atoms with Gasteiger partial charge in [-0.3, -0.25) is 19.2 Å². The van der Waals surface area contributed by atoms with E-state index >= 15 is 0 Å². The predicted octanol–water partition coefficient (Wildman–Crippen LogP) is 4.63. The zero-order chi connectivity index (χ0) is 31.4. The van der Waals surface area contributed by atoms with E-state index in [9.17, 15) is 39.0 Å². The molecule has 12 nitrogen and oxygen atoms in total. The van der Waals surface area contributed by atoms with Gasteiger partial charge in [0.2, 0.25) is 0 Å². The molecular weight excluding hydrogens is 572 g/mol. The number of hydrogen-bond acceptors (Lipinski definition) is 8. The molecule has 0 fully saturated rings. The molecule has 4 aromatic rings. The van der Waals surface area contributed by atoms with Gasteiger partial charge in [0.1, 0.15) is 11.5 Å². The van der Waals surface area contributed by atoms with Gasteiger partial charge < -0.3 is 19.7 Å². The lowest BCUT2D eigenvalue weighted by atomic mass is 9.84. The molecule has 2 heterocycles. The van der Waals surface area contributed by atoms with E-state index in [1.54, 1.807) is 13.8 Å². The van der Waals surface area contributed by atoms with E-state index < -0.39 is 35.6 Å². The summed E-state index contributed by atoms with van der Waals surface area (Å²) in [5.74, 6) is -5.49. The largest absolute Gasteiger partial charge is 0.493 e. The molecule has 12 heteroatoms. The van der Waals surface area contributed by atoms with Crippen LogP contribution < -0.4 is 19.3 Å². The molecule has 4 amide bonds. The highest BCUT2D eigenvalue weighted by Gasteiger charge is 2.44. The molecule has 0 bridgehead atoms. The van der Waals surface area contributed by atoms with E-state index in [4.69, 9.17) is 9.47 Å². The molecule has 0 spiro atoms. The zero-order valence-corrected chi connectivity index (χ0v) is 23.2. The van der Waals surface area contributed by atoms with Crippen molar-refractivity contribution in [3.8, 4) is 11.5 Å². The highest BCUT2D eigenvalue weighted by atomic mass is 16.5. The van der Waals surface area contributed by atoms with Crippen LogP contribution in [0.25, 0.3) is 10.8 Å². The third-order valence-corrected chi connectivity index (χ3v) is 7.38. The summed E-state index contributed by atoms with van der Waals surface area (Å²) in [7, 11) is 0. The molecule has 4 aromatic carbocycles. The molecule has 0 unspecified atom stereocenters. The fourth-order valence-corrected chi connectivity index (χ4v) is 5.51. The van der Waals surface area contributed by atoms with Crippen molar-refractivity contribution in [3.63, 3.8) is 0 Å². The molecule has 2 aliphatic heterocycles. The molecule has 0 radical (unpaired) electrons. The molecule has 0 atom stereocenters. The zero-order valence-electron chi connectivity index (χ0n) is 23.2. The van der Waals surface area contributed by atoms with E-state index in [0.717, 1.165) is 9.80 Å². The summed E-state index contributed by atoms with van der Waals surface area (Å²) in [5, 5.41) is 18.7. The Kier molecular flexibility index (Phi) is 6.61. The lowest BCUT2D eigenvalue weighted by molar-refractivity contribution is 0.0686. The van der Waals surface area contributed by atoms with Crippen LogP contribution in [0.4, 0.5) is 11.4 Å². The number of aromatic carboxylic acids is 2.